The molecule has 1 amide bonds. The Balaban J connectivity index is 1.61. The molecule has 2 aliphatic heterocycles. The normalized spacial score (nSPS) is 29.2. The van der Waals surface area contributed by atoms with E-state index in [1.54, 1.807) is 0 Å². The lowest BCUT2D eigenvalue weighted by Crippen LogP contribution is -2.45. The zero-order chi connectivity index (χ0) is 12.1. The Bertz CT molecular complexity index is 257. The van der Waals surface area contributed by atoms with Gasteiger partial charge in [-0.25, -0.2) is 0 Å². The number of unbranched alkanes of at least 4 members (excludes halogenated alkanes) is 1. The quantitative estimate of drug-likeness (QED) is 0.676. The molecule has 0 aromatic rings. The van der Waals surface area contributed by atoms with E-state index in [0.29, 0.717) is 12.5 Å². The summed E-state index contributed by atoms with van der Waals surface area (Å²) >= 11 is 0. The van der Waals surface area contributed by atoms with Crippen LogP contribution in [0.15, 0.2) is 0 Å². The lowest BCUT2D eigenvalue weighted by Gasteiger charge is -2.32. The number of carbonyl (C=O) groups excluding carboxylic acids is 1. The molecule has 0 aliphatic carbocycles. The molecular weight excluding hydrogens is 214 g/mol. The van der Waals surface area contributed by atoms with Gasteiger partial charge >= 0.3 is 0 Å². The third kappa shape index (κ3) is 3.68. The van der Waals surface area contributed by atoms with Crippen LogP contribution < -0.4 is 11.1 Å². The Labute approximate surface area is 104 Å². The molecule has 17 heavy (non-hydrogen) atoms. The summed E-state index contributed by atoms with van der Waals surface area (Å²) in [6.07, 6.45) is 7.93. The molecule has 2 unspecified atom stereocenters. The highest BCUT2D eigenvalue weighted by Gasteiger charge is 2.34. The Hall–Kier alpha value is -0.610. The molecule has 0 saturated carbocycles. The predicted octanol–water partition coefficient (Wildman–Crippen LogP) is 0.858. The molecule has 4 heteroatoms. The van der Waals surface area contributed by atoms with E-state index >= 15 is 0 Å². The van der Waals surface area contributed by atoms with Gasteiger partial charge in [0.05, 0.1) is 0 Å². The van der Waals surface area contributed by atoms with Crippen molar-refractivity contribution in [2.45, 2.75) is 57.0 Å². The maximum Gasteiger partial charge on any atom is 0.217 e. The van der Waals surface area contributed by atoms with Crippen LogP contribution in [0.4, 0.5) is 0 Å². The molecule has 0 bridgehead atoms. The average Bonchev–Trinajstić information content (AvgIpc) is 2.72. The third-order valence-corrected chi connectivity index (χ3v) is 4.11. The van der Waals surface area contributed by atoms with Gasteiger partial charge in [0.2, 0.25) is 5.91 Å². The van der Waals surface area contributed by atoms with E-state index in [0.717, 1.165) is 25.4 Å². The molecule has 3 N–H and O–H groups in total. The van der Waals surface area contributed by atoms with Crippen molar-refractivity contribution < 1.29 is 4.79 Å². The summed E-state index contributed by atoms with van der Waals surface area (Å²) in [5.74, 6) is -0.177. The highest BCUT2D eigenvalue weighted by molar-refractivity contribution is 5.73. The summed E-state index contributed by atoms with van der Waals surface area (Å²) in [6, 6.07) is 1.46. The summed E-state index contributed by atoms with van der Waals surface area (Å²) in [6.45, 7) is 3.59. The second-order valence-electron chi connectivity index (χ2n) is 5.37. The van der Waals surface area contributed by atoms with Crippen LogP contribution in [0, 0.1) is 0 Å². The third-order valence-electron chi connectivity index (χ3n) is 4.11. The zero-order valence-electron chi connectivity index (χ0n) is 10.7. The molecule has 2 aliphatic rings. The molecule has 98 valence electrons. The van der Waals surface area contributed by atoms with E-state index in [-0.39, 0.29) is 5.91 Å². The lowest BCUT2D eigenvalue weighted by atomic mass is 9.99. The number of nitrogens with one attached hydrogen (secondary N) is 1. The number of amides is 1. The molecule has 0 spiro atoms. The molecule has 2 rings (SSSR count). The summed E-state index contributed by atoms with van der Waals surface area (Å²) < 4.78 is 0. The topological polar surface area (TPSA) is 58.4 Å². The summed E-state index contributed by atoms with van der Waals surface area (Å²) in [4.78, 5) is 13.2. The highest BCUT2D eigenvalue weighted by atomic mass is 16.1. The number of hydrogen-bond donors (Lipinski definition) is 2. The number of hydrogen-bond acceptors (Lipinski definition) is 3. The van der Waals surface area contributed by atoms with Gasteiger partial charge in [0.25, 0.3) is 0 Å². The summed E-state index contributed by atoms with van der Waals surface area (Å²) in [7, 11) is 0. The van der Waals surface area contributed by atoms with Gasteiger partial charge in [-0.05, 0) is 45.2 Å². The predicted molar refractivity (Wildman–Crippen MR) is 68.7 cm³/mol. The van der Waals surface area contributed by atoms with Crippen molar-refractivity contribution in [1.29, 1.82) is 0 Å². The van der Waals surface area contributed by atoms with Crippen LogP contribution in [0.2, 0.25) is 0 Å². The molecule has 2 heterocycles. The van der Waals surface area contributed by atoms with Crippen molar-refractivity contribution in [2.24, 2.45) is 5.73 Å². The maximum atomic E-state index is 10.6. The van der Waals surface area contributed by atoms with Gasteiger partial charge < -0.3 is 11.1 Å². The number of rotatable bonds is 6. The fraction of sp³-hybridized carbons (Fsp3) is 0.923. The minimum atomic E-state index is -0.177. The van der Waals surface area contributed by atoms with Crippen molar-refractivity contribution in [3.63, 3.8) is 0 Å². The number of carbonyl (C=O) groups is 1. The van der Waals surface area contributed by atoms with E-state index in [4.69, 9.17) is 5.73 Å². The Morgan fingerprint density at radius 3 is 2.94 bits per heavy atom. The van der Waals surface area contributed by atoms with Crippen LogP contribution in [0.3, 0.4) is 0 Å². The largest absolute Gasteiger partial charge is 0.370 e. The van der Waals surface area contributed by atoms with E-state index < -0.39 is 0 Å². The van der Waals surface area contributed by atoms with Crippen LogP contribution in [0.25, 0.3) is 0 Å². The van der Waals surface area contributed by atoms with Crippen molar-refractivity contribution in [3.05, 3.63) is 0 Å². The number of nitrogens with two attached hydrogens (primary N) is 1. The van der Waals surface area contributed by atoms with Gasteiger partial charge in [0, 0.05) is 25.0 Å². The molecule has 2 atom stereocenters. The van der Waals surface area contributed by atoms with Crippen molar-refractivity contribution in [3.8, 4) is 0 Å². The Kier molecular flexibility index (Phi) is 4.80. The van der Waals surface area contributed by atoms with Gasteiger partial charge in [0.15, 0.2) is 0 Å². The average molecular weight is 239 g/mol. The van der Waals surface area contributed by atoms with Crippen molar-refractivity contribution in [2.75, 3.05) is 19.6 Å². The van der Waals surface area contributed by atoms with Crippen LogP contribution in [-0.2, 0) is 4.79 Å². The molecule has 2 saturated heterocycles. The molecule has 0 aromatic carbocycles. The van der Waals surface area contributed by atoms with Crippen LogP contribution in [0.5, 0.6) is 0 Å². The van der Waals surface area contributed by atoms with E-state index in [1.807, 2.05) is 0 Å². The second kappa shape index (κ2) is 6.36. The standard InChI is InChI=1S/C13H25N3O/c14-13(17)6-1-3-8-15-11-7-10-16-9-4-2-5-12(11)16/h11-12,15H,1-10H2,(H2,14,17). The molecular formula is C13H25N3O. The number of primary amides is 1. The van der Waals surface area contributed by atoms with E-state index in [9.17, 15) is 4.79 Å². The number of nitrogens with zero attached hydrogens (tertiary/aromatic N) is 1. The first-order valence-electron chi connectivity index (χ1n) is 7.03. The Morgan fingerprint density at radius 1 is 1.24 bits per heavy atom. The molecule has 4 nitrogen and oxygen atoms in total. The van der Waals surface area contributed by atoms with Crippen molar-refractivity contribution in [1.82, 2.24) is 10.2 Å². The number of piperidine rings is 1. The highest BCUT2D eigenvalue weighted by Crippen LogP contribution is 2.26. The van der Waals surface area contributed by atoms with Crippen LogP contribution in [-0.4, -0.2) is 42.5 Å². The molecule has 2 fully saturated rings. The molecule has 0 aromatic heterocycles. The lowest BCUT2D eigenvalue weighted by molar-refractivity contribution is -0.118. The summed E-state index contributed by atoms with van der Waals surface area (Å²) in [5.41, 5.74) is 5.12. The minimum absolute atomic E-state index is 0.177. The minimum Gasteiger partial charge on any atom is -0.370 e. The number of fused-ring (bicyclic) bond motifs is 1. The monoisotopic (exact) mass is 239 g/mol. The summed E-state index contributed by atoms with van der Waals surface area (Å²) in [5, 5.41) is 3.66. The van der Waals surface area contributed by atoms with Crippen molar-refractivity contribution >= 4 is 5.91 Å². The Morgan fingerprint density at radius 2 is 2.12 bits per heavy atom. The smallest absolute Gasteiger partial charge is 0.217 e. The fourth-order valence-electron chi connectivity index (χ4n) is 3.20. The van der Waals surface area contributed by atoms with Gasteiger partial charge in [-0.3, -0.25) is 9.69 Å². The zero-order valence-corrected chi connectivity index (χ0v) is 10.7. The van der Waals surface area contributed by atoms with E-state index in [2.05, 4.69) is 10.2 Å². The molecule has 0 radical (unpaired) electrons. The first kappa shape index (κ1) is 12.8. The fourth-order valence-corrected chi connectivity index (χ4v) is 3.20. The second-order valence-corrected chi connectivity index (χ2v) is 5.37. The van der Waals surface area contributed by atoms with Crippen LogP contribution >= 0.6 is 0 Å². The van der Waals surface area contributed by atoms with Gasteiger partial charge in [-0.2, -0.15) is 0 Å². The van der Waals surface area contributed by atoms with E-state index in [1.165, 1.54) is 38.8 Å². The van der Waals surface area contributed by atoms with Gasteiger partial charge in [-0.1, -0.05) is 6.42 Å². The van der Waals surface area contributed by atoms with Gasteiger partial charge in [0.1, 0.15) is 0 Å². The first-order chi connectivity index (χ1) is 8.27. The first-order valence-corrected chi connectivity index (χ1v) is 7.03. The van der Waals surface area contributed by atoms with Crippen LogP contribution in [0.1, 0.15) is 44.9 Å². The van der Waals surface area contributed by atoms with Gasteiger partial charge in [-0.15, -0.1) is 0 Å². The SMILES string of the molecule is NC(=O)CCCCNC1CCN2CCCCC12. The maximum absolute atomic E-state index is 10.6.